The maximum Gasteiger partial charge on any atom is 0.0419 e. The van der Waals surface area contributed by atoms with Gasteiger partial charge in [-0.1, -0.05) is 26.3 Å². The topological polar surface area (TPSA) is 24.9 Å². The average molecular weight is 246 g/mol. The Morgan fingerprint density at radius 2 is 2.17 bits per heavy atom. The van der Waals surface area contributed by atoms with Gasteiger partial charge in [-0.05, 0) is 49.8 Å². The van der Waals surface area contributed by atoms with Gasteiger partial charge in [0.1, 0.15) is 0 Å². The fraction of sp³-hybridized carbons (Fsp3) is 0.688. The zero-order chi connectivity index (χ0) is 12.8. The highest BCUT2D eigenvalue weighted by molar-refractivity contribution is 5.15. The van der Waals surface area contributed by atoms with Crippen LogP contribution in [0.3, 0.4) is 0 Å². The van der Waals surface area contributed by atoms with Gasteiger partial charge < -0.3 is 5.32 Å². The molecule has 2 nitrogen and oxygen atoms in total. The predicted octanol–water partition coefficient (Wildman–Crippen LogP) is 3.35. The summed E-state index contributed by atoms with van der Waals surface area (Å²) >= 11 is 0. The van der Waals surface area contributed by atoms with Crippen LogP contribution >= 0.6 is 0 Å². The van der Waals surface area contributed by atoms with Crippen LogP contribution in [0.4, 0.5) is 0 Å². The minimum absolute atomic E-state index is 0.638. The number of nitrogens with zero attached hydrogens (tertiary/aromatic N) is 1. The molecule has 0 spiro atoms. The monoisotopic (exact) mass is 246 g/mol. The van der Waals surface area contributed by atoms with Gasteiger partial charge in [0.25, 0.3) is 0 Å². The highest BCUT2D eigenvalue weighted by Crippen LogP contribution is 2.30. The highest BCUT2D eigenvalue weighted by Gasteiger charge is 2.26. The molecule has 1 aromatic rings. The SMILES string of the molecule is CCCNC(Cc1ccc(CC)cn1)C1CCC1. The van der Waals surface area contributed by atoms with Crippen LogP contribution in [0, 0.1) is 5.92 Å². The van der Waals surface area contributed by atoms with Crippen molar-refractivity contribution in [3.05, 3.63) is 29.6 Å². The van der Waals surface area contributed by atoms with Gasteiger partial charge in [0.2, 0.25) is 0 Å². The zero-order valence-corrected chi connectivity index (χ0v) is 11.8. The number of rotatable bonds is 7. The molecule has 0 saturated heterocycles. The third-order valence-electron chi connectivity index (χ3n) is 4.10. The van der Waals surface area contributed by atoms with Gasteiger partial charge in [-0.15, -0.1) is 0 Å². The lowest BCUT2D eigenvalue weighted by molar-refractivity contribution is 0.226. The van der Waals surface area contributed by atoms with Gasteiger partial charge >= 0.3 is 0 Å². The highest BCUT2D eigenvalue weighted by atomic mass is 14.9. The summed E-state index contributed by atoms with van der Waals surface area (Å²) in [6, 6.07) is 5.07. The number of nitrogens with one attached hydrogen (secondary N) is 1. The maximum atomic E-state index is 4.60. The van der Waals surface area contributed by atoms with E-state index >= 15 is 0 Å². The summed E-state index contributed by atoms with van der Waals surface area (Å²) < 4.78 is 0. The molecule has 18 heavy (non-hydrogen) atoms. The first-order valence-electron chi connectivity index (χ1n) is 7.50. The lowest BCUT2D eigenvalue weighted by Crippen LogP contribution is -2.41. The van der Waals surface area contributed by atoms with Gasteiger partial charge in [-0.25, -0.2) is 0 Å². The Kier molecular flexibility index (Phi) is 5.18. The summed E-state index contributed by atoms with van der Waals surface area (Å²) in [5.41, 5.74) is 2.58. The predicted molar refractivity (Wildman–Crippen MR) is 76.7 cm³/mol. The molecule has 2 rings (SSSR count). The summed E-state index contributed by atoms with van der Waals surface area (Å²) in [6.07, 6.45) is 9.63. The van der Waals surface area contributed by atoms with Crippen LogP contribution in [0.2, 0.25) is 0 Å². The molecular formula is C16H26N2. The number of hydrogen-bond acceptors (Lipinski definition) is 2. The van der Waals surface area contributed by atoms with E-state index in [1.54, 1.807) is 0 Å². The second-order valence-corrected chi connectivity index (χ2v) is 5.47. The molecule has 2 heteroatoms. The molecule has 1 fully saturated rings. The molecular weight excluding hydrogens is 220 g/mol. The van der Waals surface area contributed by atoms with E-state index < -0.39 is 0 Å². The van der Waals surface area contributed by atoms with Crippen molar-refractivity contribution in [3.63, 3.8) is 0 Å². The first-order valence-corrected chi connectivity index (χ1v) is 7.50. The van der Waals surface area contributed by atoms with E-state index in [2.05, 4.69) is 36.3 Å². The van der Waals surface area contributed by atoms with E-state index in [0.717, 1.165) is 25.3 Å². The Morgan fingerprint density at radius 1 is 1.33 bits per heavy atom. The van der Waals surface area contributed by atoms with Crippen molar-refractivity contribution in [2.45, 2.75) is 58.4 Å². The molecule has 1 N–H and O–H groups in total. The summed E-state index contributed by atoms with van der Waals surface area (Å²) in [6.45, 7) is 5.55. The minimum atomic E-state index is 0.638. The van der Waals surface area contributed by atoms with Crippen LogP contribution in [-0.4, -0.2) is 17.6 Å². The Hall–Kier alpha value is -0.890. The van der Waals surface area contributed by atoms with Crippen LogP contribution in [-0.2, 0) is 12.8 Å². The Morgan fingerprint density at radius 3 is 2.67 bits per heavy atom. The van der Waals surface area contributed by atoms with E-state index in [1.165, 1.54) is 36.9 Å². The molecule has 1 aliphatic carbocycles. The fourth-order valence-corrected chi connectivity index (χ4v) is 2.59. The molecule has 1 heterocycles. The standard InChI is InChI=1S/C16H26N2/c1-3-10-17-16(14-6-5-7-14)11-15-9-8-13(4-2)12-18-15/h8-9,12,14,16-17H,3-7,10-11H2,1-2H3. The van der Waals surface area contributed by atoms with Gasteiger partial charge in [-0.2, -0.15) is 0 Å². The summed E-state index contributed by atoms with van der Waals surface area (Å²) in [5, 5.41) is 3.71. The van der Waals surface area contributed by atoms with Gasteiger partial charge in [0.15, 0.2) is 0 Å². The van der Waals surface area contributed by atoms with Crippen molar-refractivity contribution in [3.8, 4) is 0 Å². The third-order valence-corrected chi connectivity index (χ3v) is 4.10. The second kappa shape index (κ2) is 6.89. The molecule has 0 radical (unpaired) electrons. The first kappa shape index (κ1) is 13.5. The summed E-state index contributed by atoms with van der Waals surface area (Å²) in [7, 11) is 0. The molecule has 1 saturated carbocycles. The van der Waals surface area contributed by atoms with Crippen LogP contribution < -0.4 is 5.32 Å². The number of aromatic nitrogens is 1. The van der Waals surface area contributed by atoms with Crippen LogP contribution in [0.1, 0.15) is 50.8 Å². The number of pyridine rings is 1. The van der Waals surface area contributed by atoms with E-state index in [9.17, 15) is 0 Å². The zero-order valence-electron chi connectivity index (χ0n) is 11.8. The first-order chi connectivity index (χ1) is 8.83. The quantitative estimate of drug-likeness (QED) is 0.798. The molecule has 1 atom stereocenters. The largest absolute Gasteiger partial charge is 0.313 e. The van der Waals surface area contributed by atoms with Crippen LogP contribution in [0.5, 0.6) is 0 Å². The van der Waals surface area contributed by atoms with E-state index in [1.807, 2.05) is 6.20 Å². The Bertz CT molecular complexity index is 341. The van der Waals surface area contributed by atoms with Crippen molar-refractivity contribution in [2.24, 2.45) is 5.92 Å². The van der Waals surface area contributed by atoms with Gasteiger partial charge in [0, 0.05) is 24.4 Å². The van der Waals surface area contributed by atoms with Gasteiger partial charge in [0.05, 0.1) is 0 Å². The third kappa shape index (κ3) is 3.55. The maximum absolute atomic E-state index is 4.60. The second-order valence-electron chi connectivity index (χ2n) is 5.47. The lowest BCUT2D eigenvalue weighted by Gasteiger charge is -2.34. The molecule has 0 amide bonds. The van der Waals surface area contributed by atoms with E-state index in [4.69, 9.17) is 0 Å². The molecule has 1 aromatic heterocycles. The van der Waals surface area contributed by atoms with Crippen molar-refractivity contribution < 1.29 is 0 Å². The Balaban J connectivity index is 1.93. The molecule has 1 aliphatic rings. The van der Waals surface area contributed by atoms with E-state index in [-0.39, 0.29) is 0 Å². The fourth-order valence-electron chi connectivity index (χ4n) is 2.59. The van der Waals surface area contributed by atoms with Gasteiger partial charge in [-0.3, -0.25) is 4.98 Å². The minimum Gasteiger partial charge on any atom is -0.313 e. The van der Waals surface area contributed by atoms with Crippen molar-refractivity contribution in [1.82, 2.24) is 10.3 Å². The normalized spacial score (nSPS) is 17.4. The van der Waals surface area contributed by atoms with Crippen LogP contribution in [0.15, 0.2) is 18.3 Å². The average Bonchev–Trinajstić information content (AvgIpc) is 2.34. The Labute approximate surface area is 111 Å². The van der Waals surface area contributed by atoms with Crippen molar-refractivity contribution in [1.29, 1.82) is 0 Å². The van der Waals surface area contributed by atoms with Crippen molar-refractivity contribution >= 4 is 0 Å². The van der Waals surface area contributed by atoms with Crippen LogP contribution in [0.25, 0.3) is 0 Å². The molecule has 0 bridgehead atoms. The van der Waals surface area contributed by atoms with E-state index in [0.29, 0.717) is 6.04 Å². The smallest absolute Gasteiger partial charge is 0.0419 e. The summed E-state index contributed by atoms with van der Waals surface area (Å²) in [5.74, 6) is 0.879. The molecule has 0 aliphatic heterocycles. The summed E-state index contributed by atoms with van der Waals surface area (Å²) in [4.78, 5) is 4.60. The number of aryl methyl sites for hydroxylation is 1. The molecule has 100 valence electrons. The van der Waals surface area contributed by atoms with Crippen molar-refractivity contribution in [2.75, 3.05) is 6.54 Å². The lowest BCUT2D eigenvalue weighted by atomic mass is 9.78. The number of hydrogen-bond donors (Lipinski definition) is 1. The molecule has 1 unspecified atom stereocenters. The molecule has 0 aromatic carbocycles.